The second-order valence-corrected chi connectivity index (χ2v) is 7.21. The van der Waals surface area contributed by atoms with Crippen molar-refractivity contribution in [3.05, 3.63) is 88.3 Å². The highest BCUT2D eigenvalue weighted by atomic mass is 16.6. The van der Waals surface area contributed by atoms with Gasteiger partial charge in [0.05, 0.1) is 35.3 Å². The number of carbonyl (C=O) groups excluding carboxylic acids is 2. The van der Waals surface area contributed by atoms with Gasteiger partial charge in [-0.15, -0.1) is 0 Å². The highest BCUT2D eigenvalue weighted by Gasteiger charge is 2.40. The Morgan fingerprint density at radius 2 is 1.59 bits per heavy atom. The van der Waals surface area contributed by atoms with Gasteiger partial charge in [-0.3, -0.25) is 0 Å². The van der Waals surface area contributed by atoms with Crippen LogP contribution >= 0.6 is 0 Å². The molecule has 1 aliphatic heterocycles. The van der Waals surface area contributed by atoms with Crippen LogP contribution in [0, 0.1) is 22.7 Å². The molecule has 1 aliphatic rings. The number of esters is 2. The van der Waals surface area contributed by atoms with Crippen LogP contribution in [0.4, 0.5) is 0 Å². The molecule has 34 heavy (non-hydrogen) atoms. The monoisotopic (exact) mass is 457 g/mol. The Hall–Kier alpha value is -4.56. The van der Waals surface area contributed by atoms with Crippen LogP contribution in [0.3, 0.4) is 0 Å². The molecule has 0 aromatic heterocycles. The van der Waals surface area contributed by atoms with Crippen molar-refractivity contribution in [1.29, 1.82) is 10.5 Å². The Kier molecular flexibility index (Phi) is 8.04. The van der Waals surface area contributed by atoms with E-state index in [9.17, 15) is 20.1 Å². The third kappa shape index (κ3) is 5.25. The van der Waals surface area contributed by atoms with Crippen LogP contribution in [0.5, 0.6) is 5.75 Å². The molecule has 1 atom stereocenters. The van der Waals surface area contributed by atoms with Crippen LogP contribution < -0.4 is 10.1 Å². The van der Waals surface area contributed by atoms with E-state index in [1.54, 1.807) is 50.2 Å². The fraction of sp³-hybridized carbons (Fsp3) is 0.231. The summed E-state index contributed by atoms with van der Waals surface area (Å²) < 4.78 is 16.2. The van der Waals surface area contributed by atoms with Crippen molar-refractivity contribution in [2.24, 2.45) is 0 Å². The lowest BCUT2D eigenvalue weighted by atomic mass is 9.78. The lowest BCUT2D eigenvalue weighted by Crippen LogP contribution is -2.33. The largest absolute Gasteiger partial charge is 0.490 e. The standard InChI is InChI=1S/C26H23N3O5/c1-3-32-26(31)24-21(16-28)29-17(2)22(23(24)20-12-8-7-9-18(20)15-27)25(30)34-14-13-33-19-10-5-4-6-11-19/h4-12,23,29H,3,13-14H2,1-2H3. The highest BCUT2D eigenvalue weighted by molar-refractivity contribution is 6.00. The number of hydrogen-bond acceptors (Lipinski definition) is 8. The van der Waals surface area contributed by atoms with Crippen molar-refractivity contribution in [2.45, 2.75) is 19.8 Å². The molecule has 1 unspecified atom stereocenters. The molecule has 2 aromatic carbocycles. The molecule has 0 fully saturated rings. The number of nitrogens with one attached hydrogen (secondary N) is 1. The maximum absolute atomic E-state index is 13.2. The van der Waals surface area contributed by atoms with Gasteiger partial charge in [0.25, 0.3) is 0 Å². The fourth-order valence-corrected chi connectivity index (χ4v) is 3.67. The third-order valence-electron chi connectivity index (χ3n) is 5.11. The van der Waals surface area contributed by atoms with E-state index < -0.39 is 17.9 Å². The molecule has 2 aromatic rings. The van der Waals surface area contributed by atoms with E-state index in [1.807, 2.05) is 24.3 Å². The molecule has 0 bridgehead atoms. The Balaban J connectivity index is 1.95. The summed E-state index contributed by atoms with van der Waals surface area (Å²) in [4.78, 5) is 26.1. The van der Waals surface area contributed by atoms with Crippen molar-refractivity contribution in [1.82, 2.24) is 5.32 Å². The number of nitrogens with zero attached hydrogens (tertiary/aromatic N) is 2. The van der Waals surface area contributed by atoms with Gasteiger partial charge < -0.3 is 19.5 Å². The summed E-state index contributed by atoms with van der Waals surface area (Å²) >= 11 is 0. The average molecular weight is 457 g/mol. The van der Waals surface area contributed by atoms with Crippen molar-refractivity contribution < 1.29 is 23.8 Å². The van der Waals surface area contributed by atoms with Gasteiger partial charge in [-0.2, -0.15) is 10.5 Å². The number of para-hydroxylation sites is 1. The molecule has 0 amide bonds. The van der Waals surface area contributed by atoms with E-state index in [2.05, 4.69) is 11.4 Å². The number of carbonyl (C=O) groups is 2. The minimum Gasteiger partial charge on any atom is -0.490 e. The molecule has 8 nitrogen and oxygen atoms in total. The van der Waals surface area contributed by atoms with E-state index in [1.165, 1.54) is 0 Å². The zero-order valence-corrected chi connectivity index (χ0v) is 18.8. The fourth-order valence-electron chi connectivity index (χ4n) is 3.67. The first-order valence-corrected chi connectivity index (χ1v) is 10.6. The van der Waals surface area contributed by atoms with Gasteiger partial charge in [0.1, 0.15) is 30.7 Å². The van der Waals surface area contributed by atoms with E-state index in [0.717, 1.165) is 0 Å². The van der Waals surface area contributed by atoms with E-state index in [-0.39, 0.29) is 42.2 Å². The number of allylic oxidation sites excluding steroid dienone is 2. The summed E-state index contributed by atoms with van der Waals surface area (Å²) in [5.41, 5.74) is 1.02. The molecule has 0 aliphatic carbocycles. The van der Waals surface area contributed by atoms with Crippen LogP contribution in [-0.2, 0) is 19.1 Å². The second-order valence-electron chi connectivity index (χ2n) is 7.21. The molecular formula is C26H23N3O5. The minimum atomic E-state index is -1.02. The third-order valence-corrected chi connectivity index (χ3v) is 5.11. The summed E-state index contributed by atoms with van der Waals surface area (Å²) in [6.07, 6.45) is 0. The first-order chi connectivity index (χ1) is 16.5. The maximum Gasteiger partial charge on any atom is 0.337 e. The number of hydrogen-bond donors (Lipinski definition) is 1. The summed E-state index contributed by atoms with van der Waals surface area (Å²) in [5.74, 6) is -1.83. The molecule has 0 spiro atoms. The average Bonchev–Trinajstić information content (AvgIpc) is 2.86. The summed E-state index contributed by atoms with van der Waals surface area (Å²) in [7, 11) is 0. The first-order valence-electron chi connectivity index (χ1n) is 10.6. The lowest BCUT2D eigenvalue weighted by Gasteiger charge is -2.29. The summed E-state index contributed by atoms with van der Waals surface area (Å²) in [5, 5.41) is 22.2. The molecule has 0 saturated carbocycles. The molecule has 8 heteroatoms. The van der Waals surface area contributed by atoms with Gasteiger partial charge in [-0.1, -0.05) is 36.4 Å². The molecule has 172 valence electrons. The number of dihydropyridines is 1. The highest BCUT2D eigenvalue weighted by Crippen LogP contribution is 2.40. The van der Waals surface area contributed by atoms with Crippen LogP contribution in [0.2, 0.25) is 0 Å². The minimum absolute atomic E-state index is 0.0410. The molecule has 1 N–H and O–H groups in total. The Morgan fingerprint density at radius 3 is 2.26 bits per heavy atom. The summed E-state index contributed by atoms with van der Waals surface area (Å²) in [6.45, 7) is 3.41. The van der Waals surface area contributed by atoms with Crippen molar-refractivity contribution in [2.75, 3.05) is 19.8 Å². The van der Waals surface area contributed by atoms with E-state index in [0.29, 0.717) is 17.0 Å². The van der Waals surface area contributed by atoms with Crippen LogP contribution in [0.15, 0.2) is 77.1 Å². The lowest BCUT2D eigenvalue weighted by molar-refractivity contribution is -0.140. The number of ether oxygens (including phenoxy) is 3. The van der Waals surface area contributed by atoms with E-state index >= 15 is 0 Å². The smallest absolute Gasteiger partial charge is 0.337 e. The van der Waals surface area contributed by atoms with Gasteiger partial charge in [-0.25, -0.2) is 9.59 Å². The predicted molar refractivity (Wildman–Crippen MR) is 122 cm³/mol. The zero-order valence-electron chi connectivity index (χ0n) is 18.8. The molecule has 1 heterocycles. The first kappa shape index (κ1) is 24.1. The van der Waals surface area contributed by atoms with Crippen LogP contribution in [0.1, 0.15) is 30.9 Å². The Bertz CT molecular complexity index is 1220. The SMILES string of the molecule is CCOC(=O)C1=C(C#N)NC(C)=C(C(=O)OCCOc2ccccc2)C1c1ccccc1C#N. The second kappa shape index (κ2) is 11.3. The topological polar surface area (TPSA) is 121 Å². The van der Waals surface area contributed by atoms with Gasteiger partial charge in [0.2, 0.25) is 0 Å². The van der Waals surface area contributed by atoms with E-state index in [4.69, 9.17) is 14.2 Å². The molecule has 0 saturated heterocycles. The predicted octanol–water partition coefficient (Wildman–Crippen LogP) is 3.48. The normalized spacial score (nSPS) is 15.0. The Labute approximate surface area is 197 Å². The van der Waals surface area contributed by atoms with Crippen molar-refractivity contribution in [3.63, 3.8) is 0 Å². The zero-order chi connectivity index (χ0) is 24.5. The number of rotatable bonds is 8. The number of benzene rings is 2. The Morgan fingerprint density at radius 1 is 0.912 bits per heavy atom. The quantitative estimate of drug-likeness (QED) is 0.472. The number of nitriles is 2. The molecule has 0 radical (unpaired) electrons. The van der Waals surface area contributed by atoms with Crippen LogP contribution in [0.25, 0.3) is 0 Å². The van der Waals surface area contributed by atoms with Crippen molar-refractivity contribution in [3.8, 4) is 17.9 Å². The van der Waals surface area contributed by atoms with Gasteiger partial charge >= 0.3 is 11.9 Å². The van der Waals surface area contributed by atoms with Gasteiger partial charge in [-0.05, 0) is 37.6 Å². The summed E-state index contributed by atoms with van der Waals surface area (Å²) in [6, 6.07) is 19.7. The van der Waals surface area contributed by atoms with Crippen LogP contribution in [-0.4, -0.2) is 31.8 Å². The molecular weight excluding hydrogens is 434 g/mol. The van der Waals surface area contributed by atoms with Crippen molar-refractivity contribution >= 4 is 11.9 Å². The van der Waals surface area contributed by atoms with Gasteiger partial charge in [0.15, 0.2) is 0 Å². The maximum atomic E-state index is 13.2. The molecule has 3 rings (SSSR count). The van der Waals surface area contributed by atoms with Gasteiger partial charge in [0, 0.05) is 5.70 Å².